The van der Waals surface area contributed by atoms with Gasteiger partial charge in [0.05, 0.1) is 6.10 Å². The third kappa shape index (κ3) is 6.28. The molecule has 0 aromatic rings. The van der Waals surface area contributed by atoms with Crippen LogP contribution < -0.4 is 11.5 Å². The number of hydrogen-bond donors (Lipinski definition) is 3. The van der Waals surface area contributed by atoms with Crippen LogP contribution in [0.25, 0.3) is 0 Å². The topological polar surface area (TPSA) is 72.3 Å². The van der Waals surface area contributed by atoms with Crippen molar-refractivity contribution in [2.24, 2.45) is 11.5 Å². The Kier molecular flexibility index (Phi) is 4.00. The highest BCUT2D eigenvalue weighted by Gasteiger charge is 2.15. The molecule has 0 saturated carbocycles. The summed E-state index contributed by atoms with van der Waals surface area (Å²) in [6.45, 7) is 5.62. The minimum atomic E-state index is -0.433. The van der Waals surface area contributed by atoms with Gasteiger partial charge in [0.25, 0.3) is 0 Å². The number of aliphatic hydroxyl groups is 1. The summed E-state index contributed by atoms with van der Waals surface area (Å²) in [5, 5.41) is 9.05. The van der Waals surface area contributed by atoms with Gasteiger partial charge in [0.15, 0.2) is 0 Å². The van der Waals surface area contributed by atoms with Gasteiger partial charge in [-0.05, 0) is 33.6 Å². The van der Waals surface area contributed by atoms with Crippen LogP contribution in [0, 0.1) is 0 Å². The first-order valence-corrected chi connectivity index (χ1v) is 4.05. The van der Waals surface area contributed by atoms with Crippen LogP contribution in [0.5, 0.6) is 0 Å². The maximum absolute atomic E-state index is 9.05. The Hall–Kier alpha value is -0.120. The van der Waals surface area contributed by atoms with Crippen LogP contribution in [0.4, 0.5) is 0 Å². The van der Waals surface area contributed by atoms with Crippen molar-refractivity contribution in [2.45, 2.75) is 51.3 Å². The van der Waals surface area contributed by atoms with Crippen molar-refractivity contribution in [1.29, 1.82) is 0 Å². The summed E-state index contributed by atoms with van der Waals surface area (Å²) in [6.07, 6.45) is 1.19. The Morgan fingerprint density at radius 1 is 1.45 bits per heavy atom. The Labute approximate surface area is 68.8 Å². The molecule has 2 unspecified atom stereocenters. The van der Waals surface area contributed by atoms with Gasteiger partial charge in [-0.2, -0.15) is 0 Å². The zero-order valence-electron chi connectivity index (χ0n) is 7.67. The van der Waals surface area contributed by atoms with E-state index in [1.54, 1.807) is 6.92 Å². The molecule has 0 rings (SSSR count). The van der Waals surface area contributed by atoms with Gasteiger partial charge in [-0.1, -0.05) is 0 Å². The third-order valence-electron chi connectivity index (χ3n) is 1.74. The predicted molar refractivity (Wildman–Crippen MR) is 47.2 cm³/mol. The molecule has 0 fully saturated rings. The molecule has 0 bridgehead atoms. The molecule has 0 radical (unpaired) electrons. The molecule has 0 aliphatic heterocycles. The zero-order chi connectivity index (χ0) is 9.07. The molecule has 0 aliphatic rings. The van der Waals surface area contributed by atoms with E-state index in [2.05, 4.69) is 0 Å². The lowest BCUT2D eigenvalue weighted by Crippen LogP contribution is -2.38. The van der Waals surface area contributed by atoms with Gasteiger partial charge in [0.1, 0.15) is 0 Å². The average Bonchev–Trinajstić information content (AvgIpc) is 1.80. The highest BCUT2D eigenvalue weighted by molar-refractivity contribution is 4.76. The maximum Gasteiger partial charge on any atom is 0.0663 e. The first-order valence-electron chi connectivity index (χ1n) is 4.05. The molecule has 0 aromatic carbocycles. The van der Waals surface area contributed by atoms with Gasteiger partial charge in [0.2, 0.25) is 0 Å². The molecule has 0 heterocycles. The van der Waals surface area contributed by atoms with E-state index in [1.165, 1.54) is 0 Å². The SMILES string of the molecule is CC(O)C(N)CCC(C)(C)N. The minimum absolute atomic E-state index is 0.141. The van der Waals surface area contributed by atoms with Gasteiger partial charge < -0.3 is 16.6 Å². The van der Waals surface area contributed by atoms with E-state index < -0.39 is 6.10 Å². The number of nitrogens with two attached hydrogens (primary N) is 2. The van der Waals surface area contributed by atoms with Crippen LogP contribution in [0.3, 0.4) is 0 Å². The number of hydrogen-bond acceptors (Lipinski definition) is 3. The monoisotopic (exact) mass is 160 g/mol. The molecular weight excluding hydrogens is 140 g/mol. The van der Waals surface area contributed by atoms with Crippen molar-refractivity contribution >= 4 is 0 Å². The molecule has 3 nitrogen and oxygen atoms in total. The quantitative estimate of drug-likeness (QED) is 0.550. The molecular formula is C8H20N2O. The molecule has 0 aromatic heterocycles. The minimum Gasteiger partial charge on any atom is -0.392 e. The van der Waals surface area contributed by atoms with Gasteiger partial charge in [0, 0.05) is 11.6 Å². The smallest absolute Gasteiger partial charge is 0.0663 e. The molecule has 0 amide bonds. The van der Waals surface area contributed by atoms with Gasteiger partial charge in [-0.3, -0.25) is 0 Å². The van der Waals surface area contributed by atoms with Crippen LogP contribution in [0.1, 0.15) is 33.6 Å². The Morgan fingerprint density at radius 3 is 2.18 bits per heavy atom. The molecule has 3 heteroatoms. The molecule has 11 heavy (non-hydrogen) atoms. The van der Waals surface area contributed by atoms with E-state index in [0.29, 0.717) is 0 Å². The van der Waals surface area contributed by atoms with Gasteiger partial charge in [-0.15, -0.1) is 0 Å². The normalized spacial score (nSPS) is 18.0. The number of rotatable bonds is 4. The lowest BCUT2D eigenvalue weighted by atomic mass is 9.95. The van der Waals surface area contributed by atoms with Crippen molar-refractivity contribution in [3.63, 3.8) is 0 Å². The molecule has 0 saturated heterocycles. The summed E-state index contributed by atoms with van der Waals surface area (Å²) in [4.78, 5) is 0. The van der Waals surface area contributed by atoms with E-state index in [-0.39, 0.29) is 11.6 Å². The molecule has 0 aliphatic carbocycles. The summed E-state index contributed by atoms with van der Waals surface area (Å²) in [7, 11) is 0. The van der Waals surface area contributed by atoms with E-state index in [0.717, 1.165) is 12.8 Å². The fourth-order valence-corrected chi connectivity index (χ4v) is 0.780. The van der Waals surface area contributed by atoms with Crippen LogP contribution in [0.15, 0.2) is 0 Å². The van der Waals surface area contributed by atoms with Crippen molar-refractivity contribution in [3.05, 3.63) is 0 Å². The predicted octanol–water partition coefficient (Wildman–Crippen LogP) is 0.212. The van der Waals surface area contributed by atoms with Crippen molar-refractivity contribution < 1.29 is 5.11 Å². The van der Waals surface area contributed by atoms with Crippen LogP contribution in [-0.4, -0.2) is 22.8 Å². The first-order chi connectivity index (χ1) is 4.83. The Balaban J connectivity index is 3.54. The van der Waals surface area contributed by atoms with Gasteiger partial charge >= 0.3 is 0 Å². The van der Waals surface area contributed by atoms with E-state index in [1.807, 2.05) is 13.8 Å². The molecule has 5 N–H and O–H groups in total. The van der Waals surface area contributed by atoms with Crippen molar-refractivity contribution in [3.8, 4) is 0 Å². The van der Waals surface area contributed by atoms with Crippen LogP contribution in [0.2, 0.25) is 0 Å². The molecule has 0 spiro atoms. The fraction of sp³-hybridized carbons (Fsp3) is 1.00. The number of aliphatic hydroxyl groups excluding tert-OH is 1. The van der Waals surface area contributed by atoms with E-state index in [4.69, 9.17) is 16.6 Å². The molecule has 2 atom stereocenters. The average molecular weight is 160 g/mol. The second-order valence-electron chi connectivity index (χ2n) is 3.93. The largest absolute Gasteiger partial charge is 0.392 e. The van der Waals surface area contributed by atoms with E-state index in [9.17, 15) is 0 Å². The van der Waals surface area contributed by atoms with Crippen LogP contribution in [-0.2, 0) is 0 Å². The van der Waals surface area contributed by atoms with Crippen molar-refractivity contribution in [1.82, 2.24) is 0 Å². The summed E-state index contributed by atoms with van der Waals surface area (Å²) >= 11 is 0. The highest BCUT2D eigenvalue weighted by Crippen LogP contribution is 2.09. The summed E-state index contributed by atoms with van der Waals surface area (Å²) < 4.78 is 0. The summed E-state index contributed by atoms with van der Waals surface area (Å²) in [6, 6.07) is -0.141. The highest BCUT2D eigenvalue weighted by atomic mass is 16.3. The second-order valence-corrected chi connectivity index (χ2v) is 3.93. The maximum atomic E-state index is 9.05. The lowest BCUT2D eigenvalue weighted by Gasteiger charge is -2.22. The van der Waals surface area contributed by atoms with Crippen molar-refractivity contribution in [2.75, 3.05) is 0 Å². The van der Waals surface area contributed by atoms with Gasteiger partial charge in [-0.25, -0.2) is 0 Å². The van der Waals surface area contributed by atoms with E-state index >= 15 is 0 Å². The first kappa shape index (κ1) is 10.9. The summed E-state index contributed by atoms with van der Waals surface area (Å²) in [5.41, 5.74) is 11.2. The fourth-order valence-electron chi connectivity index (χ4n) is 0.780. The van der Waals surface area contributed by atoms with Crippen LogP contribution >= 0.6 is 0 Å². The Morgan fingerprint density at radius 2 is 1.91 bits per heavy atom. The third-order valence-corrected chi connectivity index (χ3v) is 1.74. The molecule has 68 valence electrons. The standard InChI is InChI=1S/C8H20N2O/c1-6(11)7(9)4-5-8(2,3)10/h6-7,11H,4-5,9-10H2,1-3H3. The zero-order valence-corrected chi connectivity index (χ0v) is 7.67. The Bertz CT molecular complexity index is 107. The summed E-state index contributed by atoms with van der Waals surface area (Å²) in [5.74, 6) is 0. The second kappa shape index (κ2) is 4.04. The lowest BCUT2D eigenvalue weighted by molar-refractivity contribution is 0.155.